The van der Waals surface area contributed by atoms with Crippen molar-refractivity contribution >= 4 is 5.91 Å². The third-order valence-corrected chi connectivity index (χ3v) is 6.19. The predicted octanol–water partition coefficient (Wildman–Crippen LogP) is 3.75. The van der Waals surface area contributed by atoms with E-state index in [0.717, 1.165) is 12.0 Å². The maximum atomic E-state index is 12.4. The fraction of sp³-hybridized carbons (Fsp3) is 0.417. The summed E-state index contributed by atoms with van der Waals surface area (Å²) in [5.41, 5.74) is 2.50. The summed E-state index contributed by atoms with van der Waals surface area (Å²) in [6.07, 6.45) is 12.0. The quantitative estimate of drug-likeness (QED) is 0.567. The zero-order valence-corrected chi connectivity index (χ0v) is 18.6. The van der Waals surface area contributed by atoms with Crippen LogP contribution in [0.5, 0.6) is 0 Å². The topological polar surface area (TPSA) is 107 Å². The van der Waals surface area contributed by atoms with Crippen molar-refractivity contribution in [2.75, 3.05) is 6.54 Å². The van der Waals surface area contributed by atoms with Gasteiger partial charge < -0.3 is 9.73 Å². The second-order valence-electron chi connectivity index (χ2n) is 8.66. The van der Waals surface area contributed by atoms with Crippen LogP contribution >= 0.6 is 0 Å². The molecule has 0 fully saturated rings. The van der Waals surface area contributed by atoms with Crippen LogP contribution in [0.15, 0.2) is 59.2 Å². The van der Waals surface area contributed by atoms with Gasteiger partial charge >= 0.3 is 0 Å². The summed E-state index contributed by atoms with van der Waals surface area (Å²) in [6, 6.07) is 3.72. The van der Waals surface area contributed by atoms with Gasteiger partial charge in [0.25, 0.3) is 5.91 Å². The highest BCUT2D eigenvalue weighted by Crippen LogP contribution is 2.38. The first-order chi connectivity index (χ1) is 15.5. The Kier molecular flexibility index (Phi) is 6.68. The largest absolute Gasteiger partial charge is 0.421 e. The van der Waals surface area contributed by atoms with Gasteiger partial charge in [-0.1, -0.05) is 25.5 Å². The van der Waals surface area contributed by atoms with Crippen molar-refractivity contribution in [2.24, 2.45) is 23.7 Å². The minimum absolute atomic E-state index is 0.191. The molecule has 0 radical (unpaired) electrons. The van der Waals surface area contributed by atoms with Crippen molar-refractivity contribution in [3.63, 3.8) is 0 Å². The average Bonchev–Trinajstić information content (AvgIpc) is 3.28. The zero-order chi connectivity index (χ0) is 22.5. The van der Waals surface area contributed by atoms with Crippen LogP contribution < -0.4 is 5.32 Å². The van der Waals surface area contributed by atoms with E-state index in [-0.39, 0.29) is 11.8 Å². The lowest BCUT2D eigenvalue weighted by atomic mass is 9.70. The predicted molar refractivity (Wildman–Crippen MR) is 119 cm³/mol. The van der Waals surface area contributed by atoms with E-state index in [9.17, 15) is 4.79 Å². The Morgan fingerprint density at radius 3 is 2.69 bits per heavy atom. The molecule has 4 rings (SSSR count). The second kappa shape index (κ2) is 9.80. The highest BCUT2D eigenvalue weighted by molar-refractivity contribution is 5.91. The van der Waals surface area contributed by atoms with E-state index in [1.54, 1.807) is 18.6 Å². The Morgan fingerprint density at radius 2 is 1.97 bits per heavy atom. The van der Waals surface area contributed by atoms with Crippen LogP contribution in [0.2, 0.25) is 0 Å². The summed E-state index contributed by atoms with van der Waals surface area (Å²) >= 11 is 0. The fourth-order valence-electron chi connectivity index (χ4n) is 4.38. The zero-order valence-electron chi connectivity index (χ0n) is 18.6. The molecule has 3 aromatic heterocycles. The molecule has 8 nitrogen and oxygen atoms in total. The fourth-order valence-corrected chi connectivity index (χ4v) is 4.38. The van der Waals surface area contributed by atoms with E-state index in [2.05, 4.69) is 57.3 Å². The van der Waals surface area contributed by atoms with Crippen LogP contribution in [0.3, 0.4) is 0 Å². The van der Waals surface area contributed by atoms with E-state index < -0.39 is 0 Å². The van der Waals surface area contributed by atoms with E-state index >= 15 is 0 Å². The minimum atomic E-state index is -0.191. The maximum Gasteiger partial charge on any atom is 0.271 e. The van der Waals surface area contributed by atoms with Gasteiger partial charge in [-0.2, -0.15) is 0 Å². The number of hydrogen-bond donors (Lipinski definition) is 1. The van der Waals surface area contributed by atoms with Gasteiger partial charge in [-0.3, -0.25) is 14.8 Å². The summed E-state index contributed by atoms with van der Waals surface area (Å²) in [5.74, 6) is 2.49. The lowest BCUT2D eigenvalue weighted by molar-refractivity contribution is 0.0933. The Morgan fingerprint density at radius 1 is 1.16 bits per heavy atom. The summed E-state index contributed by atoms with van der Waals surface area (Å²) in [7, 11) is 0. The molecular formula is C24H28N6O2. The van der Waals surface area contributed by atoms with E-state index in [1.807, 2.05) is 12.1 Å². The monoisotopic (exact) mass is 432 g/mol. The van der Waals surface area contributed by atoms with Crippen LogP contribution in [0, 0.1) is 23.7 Å². The molecule has 0 bridgehead atoms. The number of hydrogen-bond acceptors (Lipinski definition) is 7. The van der Waals surface area contributed by atoms with E-state index in [4.69, 9.17) is 4.42 Å². The van der Waals surface area contributed by atoms with Gasteiger partial charge in [0.1, 0.15) is 5.69 Å². The first-order valence-electron chi connectivity index (χ1n) is 11.0. The number of pyridine rings is 1. The molecule has 0 spiro atoms. The lowest BCUT2D eigenvalue weighted by Gasteiger charge is -2.37. The highest BCUT2D eigenvalue weighted by Gasteiger charge is 2.32. The van der Waals surface area contributed by atoms with Crippen LogP contribution in [0.1, 0.15) is 43.6 Å². The van der Waals surface area contributed by atoms with Crippen molar-refractivity contribution in [1.82, 2.24) is 30.5 Å². The van der Waals surface area contributed by atoms with Gasteiger partial charge in [-0.25, -0.2) is 4.98 Å². The average molecular weight is 433 g/mol. The van der Waals surface area contributed by atoms with Crippen molar-refractivity contribution in [3.8, 4) is 11.5 Å². The van der Waals surface area contributed by atoms with Crippen molar-refractivity contribution in [3.05, 3.63) is 66.4 Å². The molecule has 32 heavy (non-hydrogen) atoms. The van der Waals surface area contributed by atoms with Crippen molar-refractivity contribution in [1.29, 1.82) is 0 Å². The molecule has 0 saturated heterocycles. The van der Waals surface area contributed by atoms with Gasteiger partial charge in [0, 0.05) is 43.3 Å². The first kappa shape index (κ1) is 21.8. The third kappa shape index (κ3) is 5.07. The Bertz CT molecular complexity index is 1060. The molecule has 0 saturated carbocycles. The first-order valence-corrected chi connectivity index (χ1v) is 11.0. The Balaban J connectivity index is 1.43. The number of nitrogens with one attached hydrogen (secondary N) is 1. The van der Waals surface area contributed by atoms with Gasteiger partial charge in [0.2, 0.25) is 11.8 Å². The number of allylic oxidation sites excluding steroid dienone is 1. The second-order valence-corrected chi connectivity index (χ2v) is 8.66. The summed E-state index contributed by atoms with van der Waals surface area (Å²) in [6.45, 7) is 7.21. The molecule has 3 heterocycles. The molecule has 8 heteroatoms. The van der Waals surface area contributed by atoms with Crippen LogP contribution in [0.4, 0.5) is 0 Å². The van der Waals surface area contributed by atoms with Gasteiger partial charge in [0.15, 0.2) is 0 Å². The molecule has 166 valence electrons. The normalized spacial score (nSPS) is 20.8. The van der Waals surface area contributed by atoms with Crippen molar-refractivity contribution in [2.45, 2.75) is 33.6 Å². The third-order valence-electron chi connectivity index (χ3n) is 6.19. The standard InChI is InChI=1S/C24H28N6O2/c1-15(2)20-11-18(12-22-29-30-24(32-22)17-4-6-25-7-5-17)16(3)10-19(20)13-28-23(31)21-14-26-8-9-27-21/h4-10,14-15,18-20H,11-13H2,1-3H3,(H,28,31). The maximum absolute atomic E-state index is 12.4. The molecule has 3 aromatic rings. The van der Waals surface area contributed by atoms with Crippen LogP contribution in [-0.2, 0) is 6.42 Å². The van der Waals surface area contributed by atoms with Gasteiger partial charge in [-0.05, 0) is 49.1 Å². The molecule has 1 amide bonds. The van der Waals surface area contributed by atoms with Crippen molar-refractivity contribution < 1.29 is 9.21 Å². The Hall–Kier alpha value is -3.42. The summed E-state index contributed by atoms with van der Waals surface area (Å²) in [4.78, 5) is 24.5. The van der Waals surface area contributed by atoms with Crippen LogP contribution in [-0.4, -0.2) is 37.6 Å². The molecule has 0 aliphatic heterocycles. The molecule has 3 unspecified atom stereocenters. The van der Waals surface area contributed by atoms with Gasteiger partial charge in [-0.15, -0.1) is 10.2 Å². The number of aromatic nitrogens is 5. The molecule has 1 aliphatic rings. The number of amides is 1. The molecule has 0 aromatic carbocycles. The van der Waals surface area contributed by atoms with Gasteiger partial charge in [0.05, 0.1) is 6.20 Å². The smallest absolute Gasteiger partial charge is 0.271 e. The van der Waals surface area contributed by atoms with E-state index in [1.165, 1.54) is 18.0 Å². The summed E-state index contributed by atoms with van der Waals surface area (Å²) in [5, 5.41) is 11.5. The number of rotatable bonds is 7. The number of carbonyl (C=O) groups is 1. The minimum Gasteiger partial charge on any atom is -0.421 e. The lowest BCUT2D eigenvalue weighted by Crippen LogP contribution is -2.37. The number of carbonyl (C=O) groups excluding carboxylic acids is 1. The summed E-state index contributed by atoms with van der Waals surface area (Å²) < 4.78 is 5.92. The van der Waals surface area contributed by atoms with Crippen LogP contribution in [0.25, 0.3) is 11.5 Å². The highest BCUT2D eigenvalue weighted by atomic mass is 16.4. The molecule has 3 atom stereocenters. The number of nitrogens with zero attached hydrogens (tertiary/aromatic N) is 5. The molecule has 1 aliphatic carbocycles. The molecular weight excluding hydrogens is 404 g/mol. The SMILES string of the molecule is CC1=CC(CNC(=O)c2cnccn2)C(C(C)C)CC1Cc1nnc(-c2ccncc2)o1. The molecule has 1 N–H and O–H groups in total. The Labute approximate surface area is 187 Å². The van der Waals surface area contributed by atoms with E-state index in [0.29, 0.717) is 48.2 Å².